The molecule has 0 fully saturated rings. The fourth-order valence-electron chi connectivity index (χ4n) is 3.47. The van der Waals surface area contributed by atoms with Gasteiger partial charge in [-0.3, -0.25) is 4.79 Å². The summed E-state index contributed by atoms with van der Waals surface area (Å²) in [5, 5.41) is 0.950. The first-order valence-corrected chi connectivity index (χ1v) is 8.30. The molecule has 124 valence electrons. The van der Waals surface area contributed by atoms with Gasteiger partial charge in [0.2, 0.25) is 0 Å². The van der Waals surface area contributed by atoms with Gasteiger partial charge in [0.15, 0.2) is 5.78 Å². The fraction of sp³-hybridized carbons (Fsp3) is 0.286. The monoisotopic (exact) mass is 321 g/mol. The van der Waals surface area contributed by atoms with E-state index in [-0.39, 0.29) is 5.78 Å². The minimum atomic E-state index is 0.0784. The highest BCUT2D eigenvalue weighted by Crippen LogP contribution is 2.33. The molecule has 0 amide bonds. The minimum absolute atomic E-state index is 0.0784. The number of carbonyl (C=O) groups excluding carboxylic acids is 1. The van der Waals surface area contributed by atoms with E-state index in [2.05, 4.69) is 36.6 Å². The summed E-state index contributed by atoms with van der Waals surface area (Å²) in [6, 6.07) is 12.4. The molecule has 1 aromatic heterocycles. The number of fused-ring (bicyclic) bond motifs is 1. The molecule has 0 saturated carbocycles. The van der Waals surface area contributed by atoms with Crippen LogP contribution in [0.5, 0.6) is 5.75 Å². The normalized spacial score (nSPS) is 11.0. The number of hydrogen-bond donors (Lipinski definition) is 0. The van der Waals surface area contributed by atoms with Crippen molar-refractivity contribution in [3.8, 4) is 11.4 Å². The molecule has 0 radical (unpaired) electrons. The highest BCUT2D eigenvalue weighted by atomic mass is 16.5. The zero-order valence-electron chi connectivity index (χ0n) is 14.9. The number of hydrogen-bond acceptors (Lipinski definition) is 2. The lowest BCUT2D eigenvalue weighted by Crippen LogP contribution is -2.02. The van der Waals surface area contributed by atoms with Crippen molar-refractivity contribution in [2.24, 2.45) is 0 Å². The van der Waals surface area contributed by atoms with Crippen molar-refractivity contribution in [1.29, 1.82) is 0 Å². The molecule has 0 aliphatic rings. The van der Waals surface area contributed by atoms with Gasteiger partial charge in [-0.1, -0.05) is 17.7 Å². The van der Waals surface area contributed by atoms with Gasteiger partial charge >= 0.3 is 0 Å². The third-order valence-corrected chi connectivity index (χ3v) is 4.43. The SMILES string of the molecule is CCOc1ccc2c(c1)c(C(C)=O)c(C)n2-c1ccc(C)cc1C. The lowest BCUT2D eigenvalue weighted by molar-refractivity contribution is 0.101. The predicted octanol–water partition coefficient (Wildman–Crippen LogP) is 5.16. The summed E-state index contributed by atoms with van der Waals surface area (Å²) in [7, 11) is 0. The molecule has 2 aromatic carbocycles. The summed E-state index contributed by atoms with van der Waals surface area (Å²) in [4.78, 5) is 12.3. The molecule has 0 atom stereocenters. The summed E-state index contributed by atoms with van der Waals surface area (Å²) in [5.41, 5.74) is 6.31. The average Bonchev–Trinajstić information content (AvgIpc) is 2.79. The van der Waals surface area contributed by atoms with Gasteiger partial charge in [-0.15, -0.1) is 0 Å². The van der Waals surface area contributed by atoms with Gasteiger partial charge in [-0.05, 0) is 64.4 Å². The Morgan fingerprint density at radius 3 is 2.46 bits per heavy atom. The van der Waals surface area contributed by atoms with Crippen molar-refractivity contribution < 1.29 is 9.53 Å². The van der Waals surface area contributed by atoms with Crippen LogP contribution in [0.3, 0.4) is 0 Å². The third kappa shape index (κ3) is 2.60. The Balaban J connectivity index is 2.36. The number of aromatic nitrogens is 1. The van der Waals surface area contributed by atoms with E-state index in [1.807, 2.05) is 32.0 Å². The van der Waals surface area contributed by atoms with E-state index in [0.29, 0.717) is 6.61 Å². The lowest BCUT2D eigenvalue weighted by Gasteiger charge is -2.13. The van der Waals surface area contributed by atoms with Crippen LogP contribution in [0, 0.1) is 20.8 Å². The number of rotatable bonds is 4. The van der Waals surface area contributed by atoms with E-state index in [9.17, 15) is 4.79 Å². The van der Waals surface area contributed by atoms with Crippen molar-refractivity contribution >= 4 is 16.7 Å². The first-order chi connectivity index (χ1) is 11.4. The van der Waals surface area contributed by atoms with Gasteiger partial charge in [0, 0.05) is 22.3 Å². The lowest BCUT2D eigenvalue weighted by atomic mass is 10.1. The molecule has 3 aromatic rings. The fourth-order valence-corrected chi connectivity index (χ4v) is 3.47. The van der Waals surface area contributed by atoms with Crippen molar-refractivity contribution in [3.63, 3.8) is 0 Å². The number of ketones is 1. The second-order valence-corrected chi connectivity index (χ2v) is 6.25. The van der Waals surface area contributed by atoms with Gasteiger partial charge in [0.25, 0.3) is 0 Å². The van der Waals surface area contributed by atoms with E-state index in [1.165, 1.54) is 11.1 Å². The molecular weight excluding hydrogens is 298 g/mol. The Bertz CT molecular complexity index is 935. The standard InChI is InChI=1S/C21H23NO2/c1-6-24-17-8-10-20-18(12-17)21(16(5)23)15(4)22(20)19-9-7-13(2)11-14(19)3/h7-12H,6H2,1-5H3. The summed E-state index contributed by atoms with van der Waals surface area (Å²) in [6.45, 7) is 10.4. The highest BCUT2D eigenvalue weighted by Gasteiger charge is 2.19. The topological polar surface area (TPSA) is 31.2 Å². The first kappa shape index (κ1) is 16.3. The Morgan fingerprint density at radius 1 is 1.08 bits per heavy atom. The van der Waals surface area contributed by atoms with E-state index < -0.39 is 0 Å². The molecule has 24 heavy (non-hydrogen) atoms. The maximum atomic E-state index is 12.3. The van der Waals surface area contributed by atoms with Crippen LogP contribution in [0.2, 0.25) is 0 Å². The van der Waals surface area contributed by atoms with Crippen LogP contribution in [0.1, 0.15) is 41.0 Å². The molecule has 0 aliphatic heterocycles. The molecule has 3 nitrogen and oxygen atoms in total. The second-order valence-electron chi connectivity index (χ2n) is 6.25. The molecule has 0 saturated heterocycles. The first-order valence-electron chi connectivity index (χ1n) is 8.30. The number of aryl methyl sites for hydroxylation is 2. The zero-order chi connectivity index (χ0) is 17.4. The van der Waals surface area contributed by atoms with E-state index >= 15 is 0 Å². The molecule has 1 heterocycles. The molecule has 0 bridgehead atoms. The van der Waals surface area contributed by atoms with E-state index in [1.54, 1.807) is 6.92 Å². The Kier molecular flexibility index (Phi) is 4.18. The largest absolute Gasteiger partial charge is 0.494 e. The van der Waals surface area contributed by atoms with Crippen molar-refractivity contribution in [2.75, 3.05) is 6.61 Å². The quantitative estimate of drug-likeness (QED) is 0.622. The average molecular weight is 321 g/mol. The summed E-state index contributed by atoms with van der Waals surface area (Å²) in [5.74, 6) is 0.875. The molecule has 0 N–H and O–H groups in total. The molecule has 0 aliphatic carbocycles. The van der Waals surface area contributed by atoms with Crippen LogP contribution < -0.4 is 4.74 Å². The Hall–Kier alpha value is -2.55. The predicted molar refractivity (Wildman–Crippen MR) is 98.7 cm³/mol. The second kappa shape index (κ2) is 6.16. The summed E-state index contributed by atoms with van der Waals surface area (Å²) < 4.78 is 7.80. The Labute approximate surface area is 142 Å². The summed E-state index contributed by atoms with van der Waals surface area (Å²) in [6.07, 6.45) is 0. The molecule has 3 heteroatoms. The van der Waals surface area contributed by atoms with Crippen LogP contribution in [0.25, 0.3) is 16.6 Å². The minimum Gasteiger partial charge on any atom is -0.494 e. The Morgan fingerprint density at radius 2 is 1.83 bits per heavy atom. The molecule has 3 rings (SSSR count). The van der Waals surface area contributed by atoms with Crippen LogP contribution in [0.4, 0.5) is 0 Å². The van der Waals surface area contributed by atoms with Crippen LogP contribution in [0.15, 0.2) is 36.4 Å². The van der Waals surface area contributed by atoms with Gasteiger partial charge < -0.3 is 9.30 Å². The van der Waals surface area contributed by atoms with Gasteiger partial charge in [-0.25, -0.2) is 0 Å². The van der Waals surface area contributed by atoms with Crippen molar-refractivity contribution in [2.45, 2.75) is 34.6 Å². The molecular formula is C21H23NO2. The summed E-state index contributed by atoms with van der Waals surface area (Å²) >= 11 is 0. The van der Waals surface area contributed by atoms with Gasteiger partial charge in [0.05, 0.1) is 12.1 Å². The highest BCUT2D eigenvalue weighted by molar-refractivity contribution is 6.09. The van der Waals surface area contributed by atoms with Crippen molar-refractivity contribution in [3.05, 3.63) is 58.8 Å². The number of ether oxygens (including phenoxy) is 1. The zero-order valence-corrected chi connectivity index (χ0v) is 14.9. The van der Waals surface area contributed by atoms with Crippen LogP contribution >= 0.6 is 0 Å². The number of carbonyl (C=O) groups is 1. The van der Waals surface area contributed by atoms with Gasteiger partial charge in [0.1, 0.15) is 5.75 Å². The molecule has 0 spiro atoms. The molecule has 0 unspecified atom stereocenters. The van der Waals surface area contributed by atoms with Gasteiger partial charge in [-0.2, -0.15) is 0 Å². The van der Waals surface area contributed by atoms with Crippen LogP contribution in [-0.4, -0.2) is 17.0 Å². The maximum absolute atomic E-state index is 12.3. The van der Waals surface area contributed by atoms with E-state index in [0.717, 1.165) is 33.6 Å². The van der Waals surface area contributed by atoms with Crippen LogP contribution in [-0.2, 0) is 0 Å². The van der Waals surface area contributed by atoms with E-state index in [4.69, 9.17) is 4.74 Å². The third-order valence-electron chi connectivity index (χ3n) is 4.43. The number of nitrogens with zero attached hydrogens (tertiary/aromatic N) is 1. The number of benzene rings is 2. The number of Topliss-reactive ketones (excluding diaryl/α,β-unsaturated/α-hetero) is 1. The smallest absolute Gasteiger partial charge is 0.162 e. The van der Waals surface area contributed by atoms with Crippen molar-refractivity contribution in [1.82, 2.24) is 4.57 Å². The maximum Gasteiger partial charge on any atom is 0.162 e.